The third-order valence-corrected chi connectivity index (χ3v) is 6.80. The van der Waals surface area contributed by atoms with E-state index in [1.807, 2.05) is 30.3 Å². The summed E-state index contributed by atoms with van der Waals surface area (Å²) in [5, 5.41) is 0. The third kappa shape index (κ3) is 3.08. The Labute approximate surface area is 167 Å². The molecule has 2 aromatic rings. The van der Waals surface area contributed by atoms with Crippen LogP contribution >= 0.6 is 11.3 Å². The molecular weight excluding hydrogens is 376 g/mol. The molecule has 2 amide bonds. The van der Waals surface area contributed by atoms with Gasteiger partial charge in [-0.05, 0) is 43.0 Å². The molecule has 3 heterocycles. The molecule has 146 valence electrons. The summed E-state index contributed by atoms with van der Waals surface area (Å²) >= 11 is 1.59. The maximum absolute atomic E-state index is 13.3. The number of thiophene rings is 1. The van der Waals surface area contributed by atoms with E-state index in [2.05, 4.69) is 0 Å². The van der Waals surface area contributed by atoms with Gasteiger partial charge in [0.05, 0.1) is 30.3 Å². The summed E-state index contributed by atoms with van der Waals surface area (Å²) in [5.41, 5.74) is 2.03. The van der Waals surface area contributed by atoms with Crippen LogP contribution in [0, 0.1) is 0 Å². The highest BCUT2D eigenvalue weighted by Gasteiger charge is 2.37. The number of carbonyl (C=O) groups is 2. The number of rotatable bonds is 2. The number of carbonyl (C=O) groups excluding carboxylic acids is 2. The van der Waals surface area contributed by atoms with Crippen molar-refractivity contribution < 1.29 is 19.1 Å². The number of hydrogen-bond donors (Lipinski definition) is 0. The van der Waals surface area contributed by atoms with E-state index < -0.39 is 6.10 Å². The Kier molecular flexibility index (Phi) is 4.56. The smallest absolute Gasteiger partial charge is 0.268 e. The van der Waals surface area contributed by atoms with Crippen molar-refractivity contribution in [2.75, 3.05) is 37.7 Å². The van der Waals surface area contributed by atoms with E-state index in [1.54, 1.807) is 21.1 Å². The normalized spacial score (nSPS) is 21.1. The van der Waals surface area contributed by atoms with Crippen molar-refractivity contribution in [3.05, 3.63) is 45.6 Å². The first-order valence-corrected chi connectivity index (χ1v) is 10.6. The molecule has 0 unspecified atom stereocenters. The predicted molar refractivity (Wildman–Crippen MR) is 106 cm³/mol. The van der Waals surface area contributed by atoms with E-state index in [-0.39, 0.29) is 18.4 Å². The van der Waals surface area contributed by atoms with Crippen molar-refractivity contribution in [1.29, 1.82) is 0 Å². The molecule has 5 rings (SSSR count). The summed E-state index contributed by atoms with van der Waals surface area (Å²) < 4.78 is 11.3. The number of anilines is 1. The van der Waals surface area contributed by atoms with Crippen LogP contribution in [0.3, 0.4) is 0 Å². The van der Waals surface area contributed by atoms with Crippen LogP contribution in [0.1, 0.15) is 26.5 Å². The number of morpholine rings is 1. The molecule has 1 fully saturated rings. The average molecular weight is 398 g/mol. The summed E-state index contributed by atoms with van der Waals surface area (Å²) in [6.07, 6.45) is 2.59. The molecular formula is C21H22N2O4S. The van der Waals surface area contributed by atoms with Crippen molar-refractivity contribution in [3.8, 4) is 5.75 Å². The zero-order valence-corrected chi connectivity index (χ0v) is 16.4. The molecule has 0 radical (unpaired) electrons. The van der Waals surface area contributed by atoms with Gasteiger partial charge in [-0.15, -0.1) is 11.3 Å². The van der Waals surface area contributed by atoms with E-state index in [4.69, 9.17) is 9.47 Å². The number of ether oxygens (including phenoxy) is 2. The molecule has 1 aromatic carbocycles. The molecule has 0 saturated carbocycles. The first-order valence-electron chi connectivity index (χ1n) is 9.76. The van der Waals surface area contributed by atoms with Crippen molar-refractivity contribution in [2.24, 2.45) is 0 Å². The monoisotopic (exact) mass is 398 g/mol. The number of hydrogen-bond acceptors (Lipinski definition) is 5. The Hall–Kier alpha value is -2.38. The zero-order valence-electron chi connectivity index (χ0n) is 15.6. The molecule has 1 saturated heterocycles. The summed E-state index contributed by atoms with van der Waals surface area (Å²) in [4.78, 5) is 31.9. The lowest BCUT2D eigenvalue weighted by Crippen LogP contribution is -2.54. The highest BCUT2D eigenvalue weighted by atomic mass is 32.1. The van der Waals surface area contributed by atoms with Crippen LogP contribution in [-0.2, 0) is 22.4 Å². The Bertz CT molecular complexity index is 897. The fourth-order valence-electron chi connectivity index (χ4n) is 4.11. The van der Waals surface area contributed by atoms with Gasteiger partial charge in [0.15, 0.2) is 6.10 Å². The molecule has 1 aromatic heterocycles. The van der Waals surface area contributed by atoms with Crippen LogP contribution in [0.15, 0.2) is 30.3 Å². The van der Waals surface area contributed by atoms with Gasteiger partial charge in [0, 0.05) is 18.0 Å². The summed E-state index contributed by atoms with van der Waals surface area (Å²) in [7, 11) is 0. The van der Waals surface area contributed by atoms with E-state index in [1.165, 1.54) is 16.9 Å². The van der Waals surface area contributed by atoms with Gasteiger partial charge in [0.25, 0.3) is 11.8 Å². The Morgan fingerprint density at radius 3 is 2.75 bits per heavy atom. The highest BCUT2D eigenvalue weighted by Crippen LogP contribution is 2.37. The fraction of sp³-hybridized carbons (Fsp3) is 0.429. The van der Waals surface area contributed by atoms with E-state index in [9.17, 15) is 9.59 Å². The lowest BCUT2D eigenvalue weighted by atomic mass is 10.1. The van der Waals surface area contributed by atoms with Gasteiger partial charge in [-0.2, -0.15) is 0 Å². The van der Waals surface area contributed by atoms with Crippen LogP contribution < -0.4 is 9.64 Å². The predicted octanol–water partition coefficient (Wildman–Crippen LogP) is 2.50. The summed E-state index contributed by atoms with van der Waals surface area (Å²) in [5.74, 6) is 0.456. The van der Waals surface area contributed by atoms with Gasteiger partial charge >= 0.3 is 0 Å². The molecule has 28 heavy (non-hydrogen) atoms. The van der Waals surface area contributed by atoms with Gasteiger partial charge in [0.1, 0.15) is 5.75 Å². The summed E-state index contributed by atoms with van der Waals surface area (Å²) in [6, 6.07) is 9.49. The number of aryl methyl sites for hydroxylation is 2. The average Bonchev–Trinajstić information content (AvgIpc) is 3.35. The van der Waals surface area contributed by atoms with Crippen LogP contribution in [-0.4, -0.2) is 55.7 Å². The topological polar surface area (TPSA) is 59.1 Å². The van der Waals surface area contributed by atoms with E-state index in [0.717, 1.165) is 23.4 Å². The minimum Gasteiger partial charge on any atom is -0.476 e. The molecule has 3 aliphatic rings. The molecule has 1 atom stereocenters. The largest absolute Gasteiger partial charge is 0.476 e. The Balaban J connectivity index is 1.43. The Morgan fingerprint density at radius 2 is 1.93 bits per heavy atom. The van der Waals surface area contributed by atoms with Crippen molar-refractivity contribution in [1.82, 2.24) is 4.90 Å². The minimum absolute atomic E-state index is 0.0464. The molecule has 6 nitrogen and oxygen atoms in total. The number of nitrogens with zero attached hydrogens (tertiary/aromatic N) is 2. The molecule has 0 spiro atoms. The number of benzene rings is 1. The number of para-hydroxylation sites is 2. The zero-order chi connectivity index (χ0) is 19.1. The number of amides is 2. The molecule has 0 N–H and O–H groups in total. The maximum Gasteiger partial charge on any atom is 0.268 e. The fourth-order valence-corrected chi connectivity index (χ4v) is 5.31. The lowest BCUT2D eigenvalue weighted by molar-refractivity contribution is -0.142. The van der Waals surface area contributed by atoms with Crippen LogP contribution in [0.2, 0.25) is 0 Å². The second-order valence-electron chi connectivity index (χ2n) is 7.34. The standard InChI is InChI=1S/C21H22N2O4S/c24-20(22-8-10-26-11-9-22)17-13-23(15-5-1-2-6-16(15)27-17)21(25)19-12-14-4-3-7-18(14)28-19/h1-2,5-6,12,17H,3-4,7-11,13H2/t17-/m1/s1. The quantitative estimate of drug-likeness (QED) is 0.780. The van der Waals surface area contributed by atoms with Gasteiger partial charge in [-0.1, -0.05) is 12.1 Å². The van der Waals surface area contributed by atoms with E-state index >= 15 is 0 Å². The number of fused-ring (bicyclic) bond motifs is 2. The van der Waals surface area contributed by atoms with Crippen molar-refractivity contribution in [3.63, 3.8) is 0 Å². The maximum atomic E-state index is 13.3. The summed E-state index contributed by atoms with van der Waals surface area (Å²) in [6.45, 7) is 2.43. The first kappa shape index (κ1) is 17.7. The van der Waals surface area contributed by atoms with Crippen molar-refractivity contribution >= 4 is 28.8 Å². The van der Waals surface area contributed by atoms with Crippen molar-refractivity contribution in [2.45, 2.75) is 25.4 Å². The SMILES string of the molecule is O=C([C@H]1CN(C(=O)c2cc3c(s2)CCC3)c2ccccc2O1)N1CCOCC1. The molecule has 1 aliphatic carbocycles. The first-order chi connectivity index (χ1) is 13.7. The highest BCUT2D eigenvalue weighted by molar-refractivity contribution is 7.14. The molecule has 0 bridgehead atoms. The van der Waals surface area contributed by atoms with Gasteiger partial charge in [-0.3, -0.25) is 14.5 Å². The van der Waals surface area contributed by atoms with Gasteiger partial charge < -0.3 is 14.4 Å². The Morgan fingerprint density at radius 1 is 1.11 bits per heavy atom. The lowest BCUT2D eigenvalue weighted by Gasteiger charge is -2.37. The third-order valence-electron chi connectivity index (χ3n) is 5.57. The van der Waals surface area contributed by atoms with Gasteiger partial charge in [0.2, 0.25) is 0 Å². The minimum atomic E-state index is -0.691. The second kappa shape index (κ2) is 7.22. The molecule has 2 aliphatic heterocycles. The van der Waals surface area contributed by atoms with E-state index in [0.29, 0.717) is 32.1 Å². The van der Waals surface area contributed by atoms with Crippen LogP contribution in [0.4, 0.5) is 5.69 Å². The van der Waals surface area contributed by atoms with Crippen LogP contribution in [0.25, 0.3) is 0 Å². The second-order valence-corrected chi connectivity index (χ2v) is 8.48. The van der Waals surface area contributed by atoms with Crippen LogP contribution in [0.5, 0.6) is 5.75 Å². The van der Waals surface area contributed by atoms with Gasteiger partial charge in [-0.25, -0.2) is 0 Å². The molecule has 7 heteroatoms.